The van der Waals surface area contributed by atoms with Crippen LogP contribution < -0.4 is 5.43 Å². The average Bonchev–Trinajstić information content (AvgIpc) is 3.10. The van der Waals surface area contributed by atoms with E-state index >= 15 is 0 Å². The lowest BCUT2D eigenvalue weighted by Crippen LogP contribution is -2.46. The zero-order chi connectivity index (χ0) is 23.5. The van der Waals surface area contributed by atoms with Crippen molar-refractivity contribution in [3.8, 4) is 5.75 Å². The Morgan fingerprint density at radius 2 is 1.64 bits per heavy atom. The molecule has 6 nitrogen and oxygen atoms in total. The summed E-state index contributed by atoms with van der Waals surface area (Å²) in [7, 11) is 0. The maximum Gasteiger partial charge on any atom is 0.292 e. The van der Waals surface area contributed by atoms with Crippen LogP contribution in [0.5, 0.6) is 5.75 Å². The van der Waals surface area contributed by atoms with Gasteiger partial charge in [0.1, 0.15) is 28.9 Å². The molecule has 0 atom stereocenters. The highest BCUT2D eigenvalue weighted by Crippen LogP contribution is 2.22. The Morgan fingerprint density at radius 1 is 0.970 bits per heavy atom. The Bertz CT molecular complexity index is 1290. The van der Waals surface area contributed by atoms with Gasteiger partial charge in [0.2, 0.25) is 0 Å². The fourth-order valence-electron chi connectivity index (χ4n) is 3.12. The van der Waals surface area contributed by atoms with E-state index in [1.165, 1.54) is 54.6 Å². The molecule has 0 aromatic heterocycles. The number of halogens is 3. The monoisotopic (exact) mass is 451 g/mol. The minimum absolute atomic E-state index is 0.00256. The zero-order valence-corrected chi connectivity index (χ0v) is 16.9. The SMILES string of the molecule is O=C(CNN1C(=O)/C(=C/c2ccc(F)cc2F)N=C1c1ccc(F)cc1)c1ccc(O)cc1. The van der Waals surface area contributed by atoms with Gasteiger partial charge >= 0.3 is 0 Å². The van der Waals surface area contributed by atoms with Crippen LogP contribution in [0.4, 0.5) is 13.2 Å². The Labute approximate surface area is 186 Å². The molecule has 33 heavy (non-hydrogen) atoms. The Morgan fingerprint density at radius 3 is 2.30 bits per heavy atom. The summed E-state index contributed by atoms with van der Waals surface area (Å²) in [5.41, 5.74) is 3.16. The fraction of sp³-hybridized carbons (Fsp3) is 0.0417. The van der Waals surface area contributed by atoms with Gasteiger partial charge in [-0.25, -0.2) is 28.6 Å². The molecule has 1 heterocycles. The molecule has 0 saturated carbocycles. The van der Waals surface area contributed by atoms with Crippen molar-refractivity contribution in [2.45, 2.75) is 0 Å². The summed E-state index contributed by atoms with van der Waals surface area (Å²) in [5.74, 6) is -3.11. The van der Waals surface area contributed by atoms with E-state index in [-0.39, 0.29) is 35.2 Å². The molecule has 1 aliphatic rings. The summed E-state index contributed by atoms with van der Waals surface area (Å²) in [6.45, 7) is -0.297. The maximum atomic E-state index is 14.1. The second kappa shape index (κ2) is 9.09. The Kier molecular flexibility index (Phi) is 6.05. The van der Waals surface area contributed by atoms with Crippen molar-refractivity contribution in [3.05, 3.63) is 107 Å². The van der Waals surface area contributed by atoms with Gasteiger partial charge in [-0.3, -0.25) is 9.59 Å². The Balaban J connectivity index is 1.64. The van der Waals surface area contributed by atoms with Crippen LogP contribution in [0.25, 0.3) is 6.08 Å². The number of rotatable bonds is 6. The highest BCUT2D eigenvalue weighted by atomic mass is 19.1. The Hall–Kier alpha value is -4.24. The van der Waals surface area contributed by atoms with E-state index in [2.05, 4.69) is 10.4 Å². The number of carbonyl (C=O) groups excluding carboxylic acids is 2. The maximum absolute atomic E-state index is 14.1. The smallest absolute Gasteiger partial charge is 0.292 e. The number of hydrogen-bond acceptors (Lipinski definition) is 5. The number of aromatic hydroxyl groups is 1. The summed E-state index contributed by atoms with van der Waals surface area (Å²) >= 11 is 0. The largest absolute Gasteiger partial charge is 0.508 e. The number of hydrogen-bond donors (Lipinski definition) is 2. The predicted octanol–water partition coefficient (Wildman–Crippen LogP) is 3.83. The van der Waals surface area contributed by atoms with Gasteiger partial charge in [0.15, 0.2) is 11.6 Å². The molecule has 3 aromatic carbocycles. The van der Waals surface area contributed by atoms with Crippen LogP contribution in [-0.4, -0.2) is 34.2 Å². The van der Waals surface area contributed by atoms with Crippen LogP contribution in [0, 0.1) is 17.5 Å². The van der Waals surface area contributed by atoms with E-state index < -0.39 is 23.4 Å². The number of amides is 1. The van der Waals surface area contributed by atoms with Crippen LogP contribution in [-0.2, 0) is 4.79 Å². The van der Waals surface area contributed by atoms with Crippen LogP contribution in [0.3, 0.4) is 0 Å². The van der Waals surface area contributed by atoms with Crippen molar-refractivity contribution >= 4 is 23.6 Å². The second-order valence-electron chi connectivity index (χ2n) is 7.08. The van der Waals surface area contributed by atoms with Crippen molar-refractivity contribution in [2.24, 2.45) is 4.99 Å². The van der Waals surface area contributed by atoms with Crippen LogP contribution in [0.2, 0.25) is 0 Å². The number of amidine groups is 1. The number of nitrogens with zero attached hydrogens (tertiary/aromatic N) is 2. The highest BCUT2D eigenvalue weighted by molar-refractivity contribution is 6.19. The fourth-order valence-corrected chi connectivity index (χ4v) is 3.12. The van der Waals surface area contributed by atoms with Crippen LogP contribution in [0.1, 0.15) is 21.5 Å². The summed E-state index contributed by atoms with van der Waals surface area (Å²) in [5, 5.41) is 10.4. The zero-order valence-electron chi connectivity index (χ0n) is 16.9. The third-order valence-electron chi connectivity index (χ3n) is 4.80. The van der Waals surface area contributed by atoms with Crippen molar-refractivity contribution in [1.82, 2.24) is 10.4 Å². The van der Waals surface area contributed by atoms with Gasteiger partial charge in [-0.15, -0.1) is 0 Å². The summed E-state index contributed by atoms with van der Waals surface area (Å²) in [4.78, 5) is 29.7. The number of aliphatic imine (C=N–C) groups is 1. The van der Waals surface area contributed by atoms with E-state index in [9.17, 15) is 27.9 Å². The molecule has 2 N–H and O–H groups in total. The molecule has 166 valence electrons. The van der Waals surface area contributed by atoms with Gasteiger partial charge < -0.3 is 5.11 Å². The minimum Gasteiger partial charge on any atom is -0.508 e. The molecule has 9 heteroatoms. The number of benzene rings is 3. The first-order chi connectivity index (χ1) is 15.8. The molecule has 1 amide bonds. The molecule has 0 fully saturated rings. The normalized spacial score (nSPS) is 14.6. The van der Waals surface area contributed by atoms with E-state index in [0.717, 1.165) is 17.2 Å². The highest BCUT2D eigenvalue weighted by Gasteiger charge is 2.32. The molecule has 0 spiro atoms. The molecule has 3 aromatic rings. The molecular formula is C24H16F3N3O3. The van der Waals surface area contributed by atoms with E-state index in [0.29, 0.717) is 17.2 Å². The number of carbonyl (C=O) groups is 2. The third-order valence-corrected chi connectivity index (χ3v) is 4.80. The standard InChI is InChI=1S/C24H16F3N3O3/c25-17-6-1-15(2-7-17)23-29-21(11-16-3-8-18(26)12-20(16)27)24(33)30(23)28-13-22(32)14-4-9-19(31)10-5-14/h1-12,28,31H,13H2/b21-11-. The van der Waals surface area contributed by atoms with Crippen LogP contribution >= 0.6 is 0 Å². The lowest BCUT2D eigenvalue weighted by Gasteiger charge is -2.19. The molecule has 1 aliphatic heterocycles. The molecule has 0 saturated heterocycles. The summed E-state index contributed by atoms with van der Waals surface area (Å²) in [6, 6.07) is 13.7. The number of phenols is 1. The number of nitrogens with one attached hydrogen (secondary N) is 1. The first kappa shape index (κ1) is 22.0. The quantitative estimate of drug-likeness (QED) is 0.441. The summed E-state index contributed by atoms with van der Waals surface area (Å²) in [6.07, 6.45) is 1.16. The van der Waals surface area contributed by atoms with Crippen molar-refractivity contribution < 1.29 is 27.9 Å². The van der Waals surface area contributed by atoms with E-state index in [4.69, 9.17) is 0 Å². The minimum atomic E-state index is -0.872. The van der Waals surface area contributed by atoms with Gasteiger partial charge in [0.05, 0.1) is 6.54 Å². The predicted molar refractivity (Wildman–Crippen MR) is 115 cm³/mol. The van der Waals surface area contributed by atoms with E-state index in [1.807, 2.05) is 0 Å². The number of Topliss-reactive ketones (excluding diaryl/α,β-unsaturated/α-hetero) is 1. The first-order valence-electron chi connectivity index (χ1n) is 9.73. The molecule has 0 bridgehead atoms. The first-order valence-corrected chi connectivity index (χ1v) is 9.73. The lowest BCUT2D eigenvalue weighted by atomic mass is 10.1. The summed E-state index contributed by atoms with van der Waals surface area (Å²) < 4.78 is 40.7. The van der Waals surface area contributed by atoms with Gasteiger partial charge in [-0.1, -0.05) is 0 Å². The molecule has 0 aliphatic carbocycles. The number of ketones is 1. The average molecular weight is 451 g/mol. The van der Waals surface area contributed by atoms with Gasteiger partial charge in [0, 0.05) is 22.8 Å². The van der Waals surface area contributed by atoms with Crippen LogP contribution in [0.15, 0.2) is 77.4 Å². The molecule has 0 radical (unpaired) electrons. The van der Waals surface area contributed by atoms with Gasteiger partial charge in [-0.2, -0.15) is 0 Å². The molecular weight excluding hydrogens is 435 g/mol. The van der Waals surface area contributed by atoms with Gasteiger partial charge in [-0.05, 0) is 66.7 Å². The lowest BCUT2D eigenvalue weighted by molar-refractivity contribution is -0.124. The van der Waals surface area contributed by atoms with Crippen molar-refractivity contribution in [3.63, 3.8) is 0 Å². The molecule has 4 rings (SSSR count). The number of phenolic OH excluding ortho intramolecular Hbond substituents is 1. The van der Waals surface area contributed by atoms with Crippen molar-refractivity contribution in [2.75, 3.05) is 6.54 Å². The topological polar surface area (TPSA) is 82.0 Å². The third kappa shape index (κ3) is 4.83. The molecule has 0 unspecified atom stereocenters. The van der Waals surface area contributed by atoms with Gasteiger partial charge in [0.25, 0.3) is 5.91 Å². The second-order valence-corrected chi connectivity index (χ2v) is 7.08. The number of hydrazine groups is 1. The van der Waals surface area contributed by atoms with Crippen molar-refractivity contribution in [1.29, 1.82) is 0 Å². The van der Waals surface area contributed by atoms with E-state index in [1.54, 1.807) is 0 Å².